The zero-order valence-corrected chi connectivity index (χ0v) is 18.7. The van der Waals surface area contributed by atoms with Crippen molar-refractivity contribution in [1.29, 1.82) is 0 Å². The summed E-state index contributed by atoms with van der Waals surface area (Å²) >= 11 is 1.38. The summed E-state index contributed by atoms with van der Waals surface area (Å²) in [6, 6.07) is 27.2. The molecule has 0 aliphatic carbocycles. The summed E-state index contributed by atoms with van der Waals surface area (Å²) in [4.78, 5) is 13.2. The Bertz CT molecular complexity index is 1060. The van der Waals surface area contributed by atoms with Gasteiger partial charge in [0.25, 0.3) is 5.91 Å². The maximum atomic E-state index is 13.2. The summed E-state index contributed by atoms with van der Waals surface area (Å²) in [6.45, 7) is 2.86. The smallest absolute Gasteiger partial charge is 0.251 e. The van der Waals surface area contributed by atoms with E-state index in [0.29, 0.717) is 5.17 Å². The van der Waals surface area contributed by atoms with E-state index in [-0.39, 0.29) is 5.91 Å². The van der Waals surface area contributed by atoms with Gasteiger partial charge in [-0.2, -0.15) is 5.10 Å². The first-order chi connectivity index (χ1) is 15.7. The first-order valence-electron chi connectivity index (χ1n) is 10.7. The standard InChI is InChI=1S/C26H25N3O2S/c1-2-3-18-31-23-16-14-20(15-17-23)19-27-29-25-28-24(30)26(32-25,21-10-6-4-7-11-21)22-12-8-5-9-13-22/h4-17,19H,2-3,18H2,1H3,(H,28,29,30)/b27-19+. The molecule has 3 aromatic carbocycles. The van der Waals surface area contributed by atoms with Crippen molar-refractivity contribution in [2.75, 3.05) is 6.61 Å². The third kappa shape index (κ3) is 4.75. The molecule has 1 aliphatic heterocycles. The van der Waals surface area contributed by atoms with Crippen LogP contribution in [0.15, 0.2) is 95.1 Å². The molecular weight excluding hydrogens is 418 g/mol. The van der Waals surface area contributed by atoms with Gasteiger partial charge < -0.3 is 10.1 Å². The molecule has 6 heteroatoms. The molecule has 3 aromatic rings. The first-order valence-corrected chi connectivity index (χ1v) is 11.5. The highest BCUT2D eigenvalue weighted by Gasteiger charge is 2.49. The summed E-state index contributed by atoms with van der Waals surface area (Å²) in [5, 5.41) is 11.9. The van der Waals surface area contributed by atoms with Crippen LogP contribution in [0.3, 0.4) is 0 Å². The van der Waals surface area contributed by atoms with Crippen LogP contribution in [0.5, 0.6) is 5.75 Å². The number of carbonyl (C=O) groups is 1. The third-order valence-corrected chi connectivity index (χ3v) is 6.49. The number of thioether (sulfide) groups is 1. The maximum Gasteiger partial charge on any atom is 0.251 e. The van der Waals surface area contributed by atoms with E-state index in [0.717, 1.165) is 41.9 Å². The van der Waals surface area contributed by atoms with Crippen LogP contribution in [-0.4, -0.2) is 23.9 Å². The lowest BCUT2D eigenvalue weighted by Crippen LogP contribution is -2.35. The molecule has 1 saturated heterocycles. The summed E-state index contributed by atoms with van der Waals surface area (Å²) < 4.78 is 4.79. The van der Waals surface area contributed by atoms with E-state index in [1.807, 2.05) is 84.9 Å². The summed E-state index contributed by atoms with van der Waals surface area (Å²) in [7, 11) is 0. The predicted molar refractivity (Wildman–Crippen MR) is 131 cm³/mol. The molecule has 0 atom stereocenters. The van der Waals surface area contributed by atoms with Gasteiger partial charge >= 0.3 is 0 Å². The molecule has 162 valence electrons. The number of hydrogen-bond acceptors (Lipinski definition) is 5. The number of nitrogens with zero attached hydrogens (tertiary/aromatic N) is 2. The van der Waals surface area contributed by atoms with E-state index in [2.05, 4.69) is 22.4 Å². The van der Waals surface area contributed by atoms with Gasteiger partial charge in [-0.3, -0.25) is 4.79 Å². The highest BCUT2D eigenvalue weighted by atomic mass is 32.2. The van der Waals surface area contributed by atoms with Gasteiger partial charge in [-0.05, 0) is 47.4 Å². The van der Waals surface area contributed by atoms with Crippen molar-refractivity contribution >= 4 is 29.1 Å². The number of unbranched alkanes of at least 4 members (excludes halogenated alkanes) is 1. The maximum absolute atomic E-state index is 13.2. The molecule has 1 fully saturated rings. The van der Waals surface area contributed by atoms with E-state index in [1.54, 1.807) is 6.21 Å². The van der Waals surface area contributed by atoms with Gasteiger partial charge in [0.2, 0.25) is 0 Å². The van der Waals surface area contributed by atoms with Crippen molar-refractivity contribution in [3.63, 3.8) is 0 Å². The van der Waals surface area contributed by atoms with Crippen molar-refractivity contribution in [2.45, 2.75) is 24.5 Å². The second kappa shape index (κ2) is 10.3. The molecule has 0 aromatic heterocycles. The Morgan fingerprint density at radius 2 is 1.56 bits per heavy atom. The van der Waals surface area contributed by atoms with Crippen LogP contribution < -0.4 is 10.1 Å². The fourth-order valence-corrected chi connectivity index (χ4v) is 4.65. The number of carbonyl (C=O) groups excluding carboxylic acids is 1. The number of amides is 1. The van der Waals surface area contributed by atoms with Crippen LogP contribution in [0.4, 0.5) is 0 Å². The minimum atomic E-state index is -0.894. The Morgan fingerprint density at radius 3 is 2.16 bits per heavy atom. The van der Waals surface area contributed by atoms with Crippen LogP contribution in [0, 0.1) is 0 Å². The van der Waals surface area contributed by atoms with Gasteiger partial charge in [-0.15, -0.1) is 5.10 Å². The Labute approximate surface area is 192 Å². The lowest BCUT2D eigenvalue weighted by molar-refractivity contribution is -0.120. The van der Waals surface area contributed by atoms with Crippen molar-refractivity contribution in [3.8, 4) is 5.75 Å². The number of rotatable bonds is 8. The average Bonchev–Trinajstić information content (AvgIpc) is 3.18. The molecule has 4 rings (SSSR count). The Morgan fingerprint density at radius 1 is 0.938 bits per heavy atom. The van der Waals surface area contributed by atoms with E-state index >= 15 is 0 Å². The molecule has 0 radical (unpaired) electrons. The molecule has 1 N–H and O–H groups in total. The van der Waals surface area contributed by atoms with E-state index < -0.39 is 4.75 Å². The van der Waals surface area contributed by atoms with E-state index in [4.69, 9.17) is 4.74 Å². The Balaban J connectivity index is 1.53. The fraction of sp³-hybridized carbons (Fsp3) is 0.192. The van der Waals surface area contributed by atoms with Crippen LogP contribution in [0.25, 0.3) is 0 Å². The van der Waals surface area contributed by atoms with E-state index in [9.17, 15) is 4.79 Å². The molecule has 1 aliphatic rings. The lowest BCUT2D eigenvalue weighted by Gasteiger charge is -2.25. The molecule has 5 nitrogen and oxygen atoms in total. The van der Waals surface area contributed by atoms with Crippen LogP contribution in [0.2, 0.25) is 0 Å². The number of hydrogen-bond donors (Lipinski definition) is 1. The zero-order chi connectivity index (χ0) is 22.2. The summed E-state index contributed by atoms with van der Waals surface area (Å²) in [5.41, 5.74) is 2.71. The fourth-order valence-electron chi connectivity index (χ4n) is 3.47. The zero-order valence-electron chi connectivity index (χ0n) is 17.9. The molecule has 0 bridgehead atoms. The number of nitrogens with one attached hydrogen (secondary N) is 1. The minimum absolute atomic E-state index is 0.123. The SMILES string of the molecule is CCCCOc1ccc(/C=N/N=C2\NC(=O)C(c3ccccc3)(c3ccccc3)S2)cc1. The molecular formula is C26H25N3O2S. The van der Waals surface area contributed by atoms with Gasteiger partial charge in [0.15, 0.2) is 9.91 Å². The highest BCUT2D eigenvalue weighted by Crippen LogP contribution is 2.46. The van der Waals surface area contributed by atoms with Crippen LogP contribution >= 0.6 is 11.8 Å². The molecule has 0 saturated carbocycles. The normalized spacial score (nSPS) is 16.4. The number of amidine groups is 1. The lowest BCUT2D eigenvalue weighted by atomic mass is 9.89. The molecule has 1 heterocycles. The second-order valence-electron chi connectivity index (χ2n) is 7.39. The molecule has 0 spiro atoms. The first kappa shape index (κ1) is 21.8. The Kier molecular flexibility index (Phi) is 7.02. The molecule has 32 heavy (non-hydrogen) atoms. The van der Waals surface area contributed by atoms with Crippen molar-refractivity contribution in [3.05, 3.63) is 102 Å². The molecule has 1 amide bonds. The topological polar surface area (TPSA) is 63.1 Å². The van der Waals surface area contributed by atoms with Crippen molar-refractivity contribution in [1.82, 2.24) is 5.32 Å². The predicted octanol–water partition coefficient (Wildman–Crippen LogP) is 5.36. The van der Waals surface area contributed by atoms with Gasteiger partial charge in [-0.25, -0.2) is 0 Å². The van der Waals surface area contributed by atoms with Crippen LogP contribution in [-0.2, 0) is 9.54 Å². The molecule has 0 unspecified atom stereocenters. The third-order valence-electron chi connectivity index (χ3n) is 5.15. The number of ether oxygens (including phenoxy) is 1. The largest absolute Gasteiger partial charge is 0.494 e. The van der Waals surface area contributed by atoms with Gasteiger partial charge in [0, 0.05) is 0 Å². The monoisotopic (exact) mass is 443 g/mol. The second-order valence-corrected chi connectivity index (χ2v) is 8.59. The average molecular weight is 444 g/mol. The highest BCUT2D eigenvalue weighted by molar-refractivity contribution is 8.16. The minimum Gasteiger partial charge on any atom is -0.494 e. The van der Waals surface area contributed by atoms with Crippen LogP contribution in [0.1, 0.15) is 36.5 Å². The van der Waals surface area contributed by atoms with Gasteiger partial charge in [0.05, 0.1) is 12.8 Å². The summed E-state index contributed by atoms with van der Waals surface area (Å²) in [5.74, 6) is 0.721. The van der Waals surface area contributed by atoms with Gasteiger partial charge in [0.1, 0.15) is 5.75 Å². The Hall–Kier alpha value is -3.38. The van der Waals surface area contributed by atoms with E-state index in [1.165, 1.54) is 11.8 Å². The van der Waals surface area contributed by atoms with Gasteiger partial charge in [-0.1, -0.05) is 85.8 Å². The van der Waals surface area contributed by atoms with Crippen molar-refractivity contribution in [2.24, 2.45) is 10.2 Å². The summed E-state index contributed by atoms with van der Waals surface area (Å²) in [6.07, 6.45) is 3.81. The quantitative estimate of drug-likeness (QED) is 0.289. The van der Waals surface area contributed by atoms with Crippen molar-refractivity contribution < 1.29 is 9.53 Å². The number of benzene rings is 3.